The van der Waals surface area contributed by atoms with E-state index in [1.54, 1.807) is 36.5 Å². The highest BCUT2D eigenvalue weighted by molar-refractivity contribution is 6.44. The molecule has 1 amide bonds. The Balaban J connectivity index is 1.74. The third-order valence-corrected chi connectivity index (χ3v) is 4.82. The second kappa shape index (κ2) is 8.13. The predicted molar refractivity (Wildman–Crippen MR) is 107 cm³/mol. The number of anilines is 1. The highest BCUT2D eigenvalue weighted by Crippen LogP contribution is 2.32. The summed E-state index contributed by atoms with van der Waals surface area (Å²) in [5.41, 5.74) is 1.26. The zero-order valence-electron chi connectivity index (χ0n) is 14.0. The number of hydrogen-bond donors (Lipinski definition) is 1. The Morgan fingerprint density at radius 3 is 2.56 bits per heavy atom. The van der Waals surface area contributed by atoms with Crippen LogP contribution in [0.2, 0.25) is 15.1 Å². The minimum Gasteiger partial charge on any atom is -0.449 e. The number of rotatable bonds is 4. The van der Waals surface area contributed by atoms with E-state index in [0.29, 0.717) is 16.5 Å². The Hall–Kier alpha value is -2.34. The van der Waals surface area contributed by atoms with Gasteiger partial charge in [0.25, 0.3) is 5.91 Å². The molecule has 0 fully saturated rings. The number of carbonyl (C=O) groups excluding carboxylic acids is 2. The van der Waals surface area contributed by atoms with Gasteiger partial charge in [-0.1, -0.05) is 46.9 Å². The number of carbonyl (C=O) groups is 2. The molecule has 0 saturated carbocycles. The van der Waals surface area contributed by atoms with Crippen molar-refractivity contribution in [2.24, 2.45) is 0 Å². The van der Waals surface area contributed by atoms with E-state index < -0.39 is 18.0 Å². The molecule has 8 heteroatoms. The van der Waals surface area contributed by atoms with Crippen LogP contribution in [0.3, 0.4) is 0 Å². The second-order valence-electron chi connectivity index (χ2n) is 5.66. The van der Waals surface area contributed by atoms with Crippen molar-refractivity contribution in [1.29, 1.82) is 0 Å². The van der Waals surface area contributed by atoms with Crippen molar-refractivity contribution >= 4 is 63.3 Å². The van der Waals surface area contributed by atoms with Gasteiger partial charge < -0.3 is 10.1 Å². The molecule has 0 spiro atoms. The molecule has 2 aromatic carbocycles. The van der Waals surface area contributed by atoms with E-state index in [-0.39, 0.29) is 20.8 Å². The quantitative estimate of drug-likeness (QED) is 0.452. The van der Waals surface area contributed by atoms with Crippen LogP contribution in [0.4, 0.5) is 5.69 Å². The van der Waals surface area contributed by atoms with Crippen LogP contribution in [0, 0.1) is 0 Å². The first-order valence-electron chi connectivity index (χ1n) is 7.87. The monoisotopic (exact) mass is 422 g/mol. The van der Waals surface area contributed by atoms with E-state index in [0.717, 1.165) is 0 Å². The van der Waals surface area contributed by atoms with Gasteiger partial charge in [0.2, 0.25) is 0 Å². The fourth-order valence-electron chi connectivity index (χ4n) is 2.41. The van der Waals surface area contributed by atoms with Crippen LogP contribution in [-0.4, -0.2) is 23.0 Å². The van der Waals surface area contributed by atoms with Crippen LogP contribution in [0.5, 0.6) is 0 Å². The lowest BCUT2D eigenvalue weighted by molar-refractivity contribution is -0.123. The van der Waals surface area contributed by atoms with Crippen molar-refractivity contribution in [2.75, 3.05) is 5.32 Å². The van der Waals surface area contributed by atoms with Gasteiger partial charge >= 0.3 is 5.97 Å². The number of aromatic nitrogens is 1. The predicted octanol–water partition coefficient (Wildman–Crippen LogP) is 5.38. The number of pyridine rings is 1. The fraction of sp³-hybridized carbons (Fsp3) is 0.105. The van der Waals surface area contributed by atoms with E-state index in [4.69, 9.17) is 39.5 Å². The molecule has 1 N–H and O–H groups in total. The highest BCUT2D eigenvalue weighted by atomic mass is 35.5. The lowest BCUT2D eigenvalue weighted by Gasteiger charge is -2.15. The van der Waals surface area contributed by atoms with E-state index in [1.807, 2.05) is 0 Å². The third kappa shape index (κ3) is 4.33. The number of fused-ring (bicyclic) bond motifs is 1. The van der Waals surface area contributed by atoms with Crippen molar-refractivity contribution in [2.45, 2.75) is 13.0 Å². The number of nitrogens with one attached hydrogen (secondary N) is 1. The van der Waals surface area contributed by atoms with Gasteiger partial charge in [0.05, 0.1) is 31.8 Å². The van der Waals surface area contributed by atoms with Gasteiger partial charge in [0.15, 0.2) is 6.10 Å². The molecule has 0 aliphatic carbocycles. The largest absolute Gasteiger partial charge is 0.449 e. The maximum absolute atomic E-state index is 12.5. The summed E-state index contributed by atoms with van der Waals surface area (Å²) in [7, 11) is 0. The van der Waals surface area contributed by atoms with Crippen LogP contribution >= 0.6 is 34.8 Å². The molecule has 0 bridgehead atoms. The number of halogens is 3. The zero-order valence-corrected chi connectivity index (χ0v) is 16.3. The van der Waals surface area contributed by atoms with E-state index >= 15 is 0 Å². The van der Waals surface area contributed by atoms with Gasteiger partial charge in [-0.15, -0.1) is 0 Å². The van der Waals surface area contributed by atoms with Crippen LogP contribution in [0.15, 0.2) is 48.7 Å². The number of amides is 1. The lowest BCUT2D eigenvalue weighted by atomic mass is 10.1. The molecule has 138 valence electrons. The van der Waals surface area contributed by atoms with Gasteiger partial charge in [-0.3, -0.25) is 9.78 Å². The number of ether oxygens (including phenoxy) is 1. The molecule has 27 heavy (non-hydrogen) atoms. The average Bonchev–Trinajstić information content (AvgIpc) is 2.65. The maximum atomic E-state index is 12.5. The molecule has 3 aromatic rings. The standard InChI is InChI=1S/C19H13Cl3N2O3/c1-10(18(25)24-17-9-14(21)13(20)8-15(17)22)27-19(26)12-4-2-6-16-11(12)5-3-7-23-16/h2-10H,1H3,(H,24,25). The summed E-state index contributed by atoms with van der Waals surface area (Å²) < 4.78 is 5.29. The van der Waals surface area contributed by atoms with E-state index in [9.17, 15) is 9.59 Å². The first-order chi connectivity index (χ1) is 12.9. The number of hydrogen-bond acceptors (Lipinski definition) is 4. The molecular weight excluding hydrogens is 411 g/mol. The molecular formula is C19H13Cl3N2O3. The van der Waals surface area contributed by atoms with Gasteiger partial charge in [-0.2, -0.15) is 0 Å². The highest BCUT2D eigenvalue weighted by Gasteiger charge is 2.21. The summed E-state index contributed by atoms with van der Waals surface area (Å²) >= 11 is 17.8. The average molecular weight is 424 g/mol. The first-order valence-corrected chi connectivity index (χ1v) is 9.00. The van der Waals surface area contributed by atoms with Crippen molar-refractivity contribution in [1.82, 2.24) is 4.98 Å². The van der Waals surface area contributed by atoms with Crippen LogP contribution in [-0.2, 0) is 9.53 Å². The summed E-state index contributed by atoms with van der Waals surface area (Å²) in [6.07, 6.45) is 0.573. The Morgan fingerprint density at radius 1 is 1.04 bits per heavy atom. The topological polar surface area (TPSA) is 68.3 Å². The number of nitrogens with zero attached hydrogens (tertiary/aromatic N) is 1. The Morgan fingerprint density at radius 2 is 1.78 bits per heavy atom. The second-order valence-corrected chi connectivity index (χ2v) is 6.88. The third-order valence-electron chi connectivity index (χ3n) is 3.79. The molecule has 1 atom stereocenters. The summed E-state index contributed by atoms with van der Waals surface area (Å²) in [6, 6.07) is 11.4. The summed E-state index contributed by atoms with van der Waals surface area (Å²) in [4.78, 5) is 29.0. The molecule has 1 heterocycles. The molecule has 0 aliphatic rings. The molecule has 3 rings (SSSR count). The lowest BCUT2D eigenvalue weighted by Crippen LogP contribution is -2.30. The van der Waals surface area contributed by atoms with Gasteiger partial charge in [-0.05, 0) is 37.3 Å². The fourth-order valence-corrected chi connectivity index (χ4v) is 3.01. The SMILES string of the molecule is CC(OC(=O)c1cccc2ncccc12)C(=O)Nc1cc(Cl)c(Cl)cc1Cl. The van der Waals surface area contributed by atoms with Crippen molar-refractivity contribution in [3.8, 4) is 0 Å². The Labute approximate surface area is 170 Å². The van der Waals surface area contributed by atoms with E-state index in [1.165, 1.54) is 19.1 Å². The first kappa shape index (κ1) is 19.4. The molecule has 1 unspecified atom stereocenters. The number of benzene rings is 2. The van der Waals surface area contributed by atoms with E-state index in [2.05, 4.69) is 10.3 Å². The van der Waals surface area contributed by atoms with Crippen molar-refractivity contribution in [3.63, 3.8) is 0 Å². The normalized spacial score (nSPS) is 11.9. The molecule has 0 aliphatic heterocycles. The number of esters is 1. The minimum atomic E-state index is -1.06. The molecule has 0 saturated heterocycles. The summed E-state index contributed by atoms with van der Waals surface area (Å²) in [5, 5.41) is 3.94. The molecule has 5 nitrogen and oxygen atoms in total. The molecule has 0 radical (unpaired) electrons. The summed E-state index contributed by atoms with van der Waals surface area (Å²) in [5.74, 6) is -1.18. The van der Waals surface area contributed by atoms with Gasteiger partial charge in [0, 0.05) is 11.6 Å². The van der Waals surface area contributed by atoms with Crippen LogP contribution in [0.1, 0.15) is 17.3 Å². The van der Waals surface area contributed by atoms with Gasteiger partial charge in [0.1, 0.15) is 0 Å². The maximum Gasteiger partial charge on any atom is 0.339 e. The Bertz CT molecular complexity index is 1030. The minimum absolute atomic E-state index is 0.219. The van der Waals surface area contributed by atoms with Gasteiger partial charge in [-0.25, -0.2) is 4.79 Å². The van der Waals surface area contributed by atoms with Crippen LogP contribution < -0.4 is 5.32 Å². The van der Waals surface area contributed by atoms with Crippen molar-refractivity contribution in [3.05, 3.63) is 69.3 Å². The summed E-state index contributed by atoms with van der Waals surface area (Å²) in [6.45, 7) is 1.46. The van der Waals surface area contributed by atoms with Crippen molar-refractivity contribution < 1.29 is 14.3 Å². The van der Waals surface area contributed by atoms with Crippen LogP contribution in [0.25, 0.3) is 10.9 Å². The zero-order chi connectivity index (χ0) is 19.6. The Kier molecular flexibility index (Phi) is 5.85. The molecule has 1 aromatic heterocycles. The smallest absolute Gasteiger partial charge is 0.339 e.